The normalized spacial score (nSPS) is 16.8. The zero-order valence-corrected chi connectivity index (χ0v) is 15.1. The summed E-state index contributed by atoms with van der Waals surface area (Å²) in [5.74, 6) is -0.0549. The van der Waals surface area contributed by atoms with E-state index in [4.69, 9.17) is 0 Å². The molecule has 1 aliphatic rings. The molecule has 1 atom stereocenters. The van der Waals surface area contributed by atoms with Crippen LogP contribution in [0.25, 0.3) is 11.3 Å². The minimum atomic E-state index is -0.259. The predicted molar refractivity (Wildman–Crippen MR) is 102 cm³/mol. The van der Waals surface area contributed by atoms with Crippen LogP contribution in [0.15, 0.2) is 64.8 Å². The molecule has 132 valence electrons. The van der Waals surface area contributed by atoms with Gasteiger partial charge in [0.15, 0.2) is 0 Å². The Morgan fingerprint density at radius 2 is 1.96 bits per heavy atom. The fourth-order valence-corrected chi connectivity index (χ4v) is 4.26. The van der Waals surface area contributed by atoms with Crippen molar-refractivity contribution in [2.75, 3.05) is 6.54 Å². The van der Waals surface area contributed by atoms with Crippen molar-refractivity contribution in [1.29, 1.82) is 0 Å². The van der Waals surface area contributed by atoms with E-state index in [9.17, 15) is 9.59 Å². The summed E-state index contributed by atoms with van der Waals surface area (Å²) in [5.41, 5.74) is 1.35. The topological polar surface area (TPSA) is 55.2 Å². The number of aromatic nitrogens is 2. The number of benzene rings is 1. The van der Waals surface area contributed by atoms with E-state index in [-0.39, 0.29) is 24.1 Å². The lowest BCUT2D eigenvalue weighted by molar-refractivity contribution is -0.133. The number of thiophene rings is 1. The summed E-state index contributed by atoms with van der Waals surface area (Å²) in [6.45, 7) is 0.704. The van der Waals surface area contributed by atoms with Gasteiger partial charge in [0.05, 0.1) is 11.7 Å². The van der Waals surface area contributed by atoms with Crippen molar-refractivity contribution in [2.24, 2.45) is 0 Å². The van der Waals surface area contributed by atoms with Gasteiger partial charge in [-0.15, -0.1) is 11.3 Å². The average Bonchev–Trinajstić information content (AvgIpc) is 3.35. The molecule has 0 unspecified atom stereocenters. The van der Waals surface area contributed by atoms with Crippen LogP contribution in [0.4, 0.5) is 0 Å². The number of carbonyl (C=O) groups excluding carboxylic acids is 1. The van der Waals surface area contributed by atoms with Gasteiger partial charge in [-0.05, 0) is 30.4 Å². The SMILES string of the molecule is O=C(Cn1nc(-c2ccccc2)ccc1=O)N1CCC[C@@H]1c1cccs1. The van der Waals surface area contributed by atoms with E-state index in [1.807, 2.05) is 46.7 Å². The number of carbonyl (C=O) groups is 1. The molecule has 2 aromatic heterocycles. The molecular weight excluding hydrogens is 346 g/mol. The molecule has 0 radical (unpaired) electrons. The maximum Gasteiger partial charge on any atom is 0.267 e. The van der Waals surface area contributed by atoms with E-state index >= 15 is 0 Å². The Morgan fingerprint density at radius 1 is 1.12 bits per heavy atom. The fourth-order valence-electron chi connectivity index (χ4n) is 3.39. The fraction of sp³-hybridized carbons (Fsp3) is 0.250. The highest BCUT2D eigenvalue weighted by atomic mass is 32.1. The number of hydrogen-bond donors (Lipinski definition) is 0. The van der Waals surface area contributed by atoms with Crippen LogP contribution in [-0.4, -0.2) is 27.1 Å². The summed E-state index contributed by atoms with van der Waals surface area (Å²) in [6.07, 6.45) is 1.96. The second-order valence-corrected chi connectivity index (χ2v) is 7.32. The summed E-state index contributed by atoms with van der Waals surface area (Å²) in [6, 6.07) is 17.0. The summed E-state index contributed by atoms with van der Waals surface area (Å²) in [4.78, 5) is 28.1. The highest BCUT2D eigenvalue weighted by molar-refractivity contribution is 7.10. The molecule has 6 heteroatoms. The Bertz CT molecular complexity index is 951. The Balaban J connectivity index is 1.57. The first-order chi connectivity index (χ1) is 12.7. The van der Waals surface area contributed by atoms with E-state index in [0.29, 0.717) is 5.69 Å². The van der Waals surface area contributed by atoms with Crippen molar-refractivity contribution >= 4 is 17.2 Å². The number of hydrogen-bond acceptors (Lipinski definition) is 4. The largest absolute Gasteiger partial charge is 0.333 e. The predicted octanol–water partition coefficient (Wildman–Crippen LogP) is 3.34. The summed E-state index contributed by atoms with van der Waals surface area (Å²) in [5, 5.41) is 6.43. The summed E-state index contributed by atoms with van der Waals surface area (Å²) >= 11 is 1.67. The lowest BCUT2D eigenvalue weighted by atomic mass is 10.1. The Hall–Kier alpha value is -2.73. The Labute approximate surface area is 155 Å². The van der Waals surface area contributed by atoms with Gasteiger partial charge < -0.3 is 4.90 Å². The van der Waals surface area contributed by atoms with Crippen LogP contribution in [0.5, 0.6) is 0 Å². The second kappa shape index (κ2) is 7.25. The molecule has 0 saturated carbocycles. The highest BCUT2D eigenvalue weighted by Crippen LogP contribution is 2.34. The van der Waals surface area contributed by atoms with Crippen LogP contribution in [0.2, 0.25) is 0 Å². The molecule has 0 spiro atoms. The maximum atomic E-state index is 12.9. The number of likely N-dealkylation sites (tertiary alicyclic amines) is 1. The average molecular weight is 365 g/mol. The third kappa shape index (κ3) is 3.32. The third-order valence-electron chi connectivity index (χ3n) is 4.67. The monoisotopic (exact) mass is 365 g/mol. The first-order valence-electron chi connectivity index (χ1n) is 8.69. The molecule has 1 saturated heterocycles. The van der Waals surface area contributed by atoms with Crippen molar-refractivity contribution in [3.63, 3.8) is 0 Å². The lowest BCUT2D eigenvalue weighted by Crippen LogP contribution is -2.36. The van der Waals surface area contributed by atoms with E-state index in [0.717, 1.165) is 24.9 Å². The molecule has 1 aromatic carbocycles. The maximum absolute atomic E-state index is 12.9. The number of rotatable bonds is 4. The van der Waals surface area contributed by atoms with Crippen molar-refractivity contribution in [1.82, 2.24) is 14.7 Å². The van der Waals surface area contributed by atoms with Gasteiger partial charge in [0.25, 0.3) is 5.56 Å². The smallest absolute Gasteiger partial charge is 0.267 e. The summed E-state index contributed by atoms with van der Waals surface area (Å²) in [7, 11) is 0. The van der Waals surface area contributed by atoms with Crippen LogP contribution in [0.3, 0.4) is 0 Å². The minimum Gasteiger partial charge on any atom is -0.333 e. The molecule has 0 aliphatic carbocycles. The second-order valence-electron chi connectivity index (χ2n) is 6.34. The van der Waals surface area contributed by atoms with Crippen LogP contribution < -0.4 is 5.56 Å². The first-order valence-corrected chi connectivity index (χ1v) is 9.57. The van der Waals surface area contributed by atoms with Crippen molar-refractivity contribution < 1.29 is 4.79 Å². The van der Waals surface area contributed by atoms with Crippen LogP contribution in [0.1, 0.15) is 23.8 Å². The zero-order valence-electron chi connectivity index (χ0n) is 14.2. The van der Waals surface area contributed by atoms with Gasteiger partial charge in [0.2, 0.25) is 5.91 Å². The molecule has 1 amide bonds. The zero-order chi connectivity index (χ0) is 17.9. The standard InChI is InChI=1S/C20H19N3O2S/c24-19-11-10-16(15-6-2-1-3-7-15)21-23(19)14-20(25)22-12-4-8-17(22)18-9-5-13-26-18/h1-3,5-7,9-11,13,17H,4,8,12,14H2/t17-/m1/s1. The molecule has 1 aliphatic heterocycles. The molecule has 1 fully saturated rings. The highest BCUT2D eigenvalue weighted by Gasteiger charge is 2.30. The van der Waals surface area contributed by atoms with Gasteiger partial charge in [0, 0.05) is 23.1 Å². The molecular formula is C20H19N3O2S. The first kappa shape index (κ1) is 16.7. The number of nitrogens with zero attached hydrogens (tertiary/aromatic N) is 3. The van der Waals surface area contributed by atoms with Gasteiger partial charge in [0.1, 0.15) is 6.54 Å². The molecule has 5 nitrogen and oxygen atoms in total. The van der Waals surface area contributed by atoms with Crippen molar-refractivity contribution in [3.8, 4) is 11.3 Å². The summed E-state index contributed by atoms with van der Waals surface area (Å²) < 4.78 is 1.27. The Morgan fingerprint density at radius 3 is 2.73 bits per heavy atom. The van der Waals surface area contributed by atoms with Gasteiger partial charge in [-0.2, -0.15) is 5.10 Å². The molecule has 3 heterocycles. The Kier molecular flexibility index (Phi) is 4.67. The van der Waals surface area contributed by atoms with Crippen molar-refractivity contribution in [3.05, 3.63) is 75.2 Å². The van der Waals surface area contributed by atoms with Gasteiger partial charge in [-0.25, -0.2) is 4.68 Å². The molecule has 3 aromatic rings. The van der Waals surface area contributed by atoms with Gasteiger partial charge in [-0.1, -0.05) is 36.4 Å². The van der Waals surface area contributed by atoms with Crippen LogP contribution in [0, 0.1) is 0 Å². The van der Waals surface area contributed by atoms with Crippen molar-refractivity contribution in [2.45, 2.75) is 25.4 Å². The quantitative estimate of drug-likeness (QED) is 0.713. The number of amides is 1. The third-order valence-corrected chi connectivity index (χ3v) is 5.64. The lowest BCUT2D eigenvalue weighted by Gasteiger charge is -2.24. The van der Waals surface area contributed by atoms with E-state index in [1.165, 1.54) is 15.6 Å². The van der Waals surface area contributed by atoms with E-state index in [1.54, 1.807) is 17.4 Å². The van der Waals surface area contributed by atoms with Crippen LogP contribution >= 0.6 is 11.3 Å². The molecule has 0 N–H and O–H groups in total. The van der Waals surface area contributed by atoms with E-state index < -0.39 is 0 Å². The molecule has 26 heavy (non-hydrogen) atoms. The molecule has 0 bridgehead atoms. The minimum absolute atomic E-state index is 0.0264. The van der Waals surface area contributed by atoms with Crippen LogP contribution in [-0.2, 0) is 11.3 Å². The van der Waals surface area contributed by atoms with E-state index in [2.05, 4.69) is 11.2 Å². The van der Waals surface area contributed by atoms with Gasteiger partial charge >= 0.3 is 0 Å². The molecule has 4 rings (SSSR count). The van der Waals surface area contributed by atoms with Gasteiger partial charge in [-0.3, -0.25) is 9.59 Å².